The van der Waals surface area contributed by atoms with Crippen molar-refractivity contribution in [1.29, 1.82) is 0 Å². The largest absolute Gasteiger partial charge is 0.493 e. The number of hydrogen-bond donors (Lipinski definition) is 0. The van der Waals surface area contributed by atoms with Crippen molar-refractivity contribution in [3.8, 4) is 0 Å². The van der Waals surface area contributed by atoms with Crippen LogP contribution in [0, 0.1) is 17.8 Å². The van der Waals surface area contributed by atoms with Gasteiger partial charge in [-0.2, -0.15) is 0 Å². The summed E-state index contributed by atoms with van der Waals surface area (Å²) in [4.78, 5) is 15.0. The van der Waals surface area contributed by atoms with E-state index in [0.717, 1.165) is 37.4 Å². The molecule has 1 aliphatic carbocycles. The van der Waals surface area contributed by atoms with Crippen LogP contribution < -0.4 is 0 Å². The van der Waals surface area contributed by atoms with Crippen LogP contribution >= 0.6 is 0 Å². The number of nitrogens with zero attached hydrogens (tertiary/aromatic N) is 1. The molecule has 0 spiro atoms. The van der Waals surface area contributed by atoms with Gasteiger partial charge in [0.15, 0.2) is 11.5 Å². The van der Waals surface area contributed by atoms with Gasteiger partial charge in [-0.05, 0) is 36.5 Å². The van der Waals surface area contributed by atoms with Crippen LogP contribution in [0.3, 0.4) is 0 Å². The van der Waals surface area contributed by atoms with E-state index in [1.54, 1.807) is 14.2 Å². The van der Waals surface area contributed by atoms with Crippen molar-refractivity contribution in [2.24, 2.45) is 17.8 Å². The zero-order valence-corrected chi connectivity index (χ0v) is 14.6. The van der Waals surface area contributed by atoms with Crippen molar-refractivity contribution in [3.05, 3.63) is 34.9 Å². The molecule has 1 saturated heterocycles. The molecule has 3 rings (SSSR count). The first-order chi connectivity index (χ1) is 11.0. The highest BCUT2D eigenvalue weighted by atomic mass is 16.5. The molecule has 0 aromatic rings. The zero-order valence-electron chi connectivity index (χ0n) is 14.6. The number of allylic oxidation sites excluding steroid dienone is 4. The van der Waals surface area contributed by atoms with E-state index in [1.807, 2.05) is 0 Å². The lowest BCUT2D eigenvalue weighted by Gasteiger charge is -2.43. The Kier molecular flexibility index (Phi) is 4.51. The van der Waals surface area contributed by atoms with Gasteiger partial charge in [0.2, 0.25) is 0 Å². The standard InChI is InChI=1S/C19H27NO3/c1-12(2)7-14-11-20-6-5-13-8-18(22-3)19(23-4)9-15(13)16(20)10-17(14)21/h8-9,12-14H,5-7,10-11H2,1-4H3. The van der Waals surface area contributed by atoms with Crippen LogP contribution in [0.1, 0.15) is 33.1 Å². The van der Waals surface area contributed by atoms with Crippen LogP contribution in [0.4, 0.5) is 0 Å². The molecule has 0 saturated carbocycles. The Labute approximate surface area is 138 Å². The summed E-state index contributed by atoms with van der Waals surface area (Å²) in [5.41, 5.74) is 2.44. The number of rotatable bonds is 4. The third-order valence-electron chi connectivity index (χ3n) is 5.14. The van der Waals surface area contributed by atoms with Crippen molar-refractivity contribution in [2.75, 3.05) is 27.3 Å². The van der Waals surface area contributed by atoms with E-state index in [9.17, 15) is 4.79 Å². The number of ether oxygens (including phenoxy) is 2. The average Bonchev–Trinajstić information content (AvgIpc) is 2.53. The van der Waals surface area contributed by atoms with Crippen molar-refractivity contribution in [3.63, 3.8) is 0 Å². The van der Waals surface area contributed by atoms with Gasteiger partial charge in [-0.15, -0.1) is 0 Å². The van der Waals surface area contributed by atoms with E-state index < -0.39 is 0 Å². The number of Topliss-reactive ketones (excluding diaryl/α,β-unsaturated/α-hetero) is 1. The summed E-state index contributed by atoms with van der Waals surface area (Å²) in [5, 5.41) is 0. The fraction of sp³-hybridized carbons (Fsp3) is 0.632. The maximum Gasteiger partial charge on any atom is 0.160 e. The van der Waals surface area contributed by atoms with Crippen LogP contribution in [0.2, 0.25) is 0 Å². The third-order valence-corrected chi connectivity index (χ3v) is 5.14. The summed E-state index contributed by atoms with van der Waals surface area (Å²) in [5.74, 6) is 3.05. The summed E-state index contributed by atoms with van der Waals surface area (Å²) < 4.78 is 10.9. The van der Waals surface area contributed by atoms with Gasteiger partial charge in [0.1, 0.15) is 5.78 Å². The van der Waals surface area contributed by atoms with Crippen LogP contribution in [-0.4, -0.2) is 38.0 Å². The SMILES string of the molecule is COC1=CC2=C3CC(=O)C(CC(C)C)CN3CCC2C=C1OC. The number of fused-ring (bicyclic) bond motifs is 2. The predicted molar refractivity (Wildman–Crippen MR) is 89.5 cm³/mol. The molecule has 1 fully saturated rings. The van der Waals surface area contributed by atoms with E-state index in [1.165, 1.54) is 11.3 Å². The van der Waals surface area contributed by atoms with E-state index in [2.05, 4.69) is 30.9 Å². The Hall–Kier alpha value is -1.71. The maximum absolute atomic E-state index is 12.6. The van der Waals surface area contributed by atoms with Crippen LogP contribution in [0.25, 0.3) is 0 Å². The number of carbonyl (C=O) groups is 1. The normalized spacial score (nSPS) is 27.3. The second-order valence-corrected chi connectivity index (χ2v) is 7.16. The van der Waals surface area contributed by atoms with Crippen LogP contribution in [0.5, 0.6) is 0 Å². The van der Waals surface area contributed by atoms with Gasteiger partial charge in [0.25, 0.3) is 0 Å². The minimum absolute atomic E-state index is 0.190. The molecule has 2 aliphatic heterocycles. The Morgan fingerprint density at radius 3 is 2.65 bits per heavy atom. The van der Waals surface area contributed by atoms with E-state index in [0.29, 0.717) is 24.0 Å². The predicted octanol–water partition coefficient (Wildman–Crippen LogP) is 3.27. The summed E-state index contributed by atoms with van der Waals surface area (Å²) in [6, 6.07) is 0. The van der Waals surface area contributed by atoms with Gasteiger partial charge in [-0.3, -0.25) is 4.79 Å². The molecule has 126 valence electrons. The molecule has 0 aromatic heterocycles. The summed E-state index contributed by atoms with van der Waals surface area (Å²) in [6.45, 7) is 6.28. The summed E-state index contributed by atoms with van der Waals surface area (Å²) >= 11 is 0. The lowest BCUT2D eigenvalue weighted by atomic mass is 9.79. The minimum Gasteiger partial charge on any atom is -0.493 e. The fourth-order valence-electron chi connectivity index (χ4n) is 4.02. The highest BCUT2D eigenvalue weighted by Gasteiger charge is 2.37. The van der Waals surface area contributed by atoms with E-state index in [4.69, 9.17) is 9.47 Å². The van der Waals surface area contributed by atoms with Crippen molar-refractivity contribution in [2.45, 2.75) is 33.1 Å². The second-order valence-electron chi connectivity index (χ2n) is 7.16. The second kappa shape index (κ2) is 6.42. The molecule has 23 heavy (non-hydrogen) atoms. The molecule has 0 radical (unpaired) electrons. The van der Waals surface area contributed by atoms with Gasteiger partial charge in [-0.25, -0.2) is 0 Å². The van der Waals surface area contributed by atoms with Gasteiger partial charge in [0, 0.05) is 37.0 Å². The van der Waals surface area contributed by atoms with Gasteiger partial charge in [0.05, 0.1) is 14.2 Å². The molecule has 0 aromatic carbocycles. The molecule has 2 atom stereocenters. The maximum atomic E-state index is 12.6. The monoisotopic (exact) mass is 317 g/mol. The number of carbonyl (C=O) groups excluding carboxylic acids is 1. The Morgan fingerprint density at radius 2 is 2.00 bits per heavy atom. The lowest BCUT2D eigenvalue weighted by Crippen LogP contribution is -2.44. The molecule has 0 N–H and O–H groups in total. The molecular formula is C19H27NO3. The first-order valence-corrected chi connectivity index (χ1v) is 8.56. The molecular weight excluding hydrogens is 290 g/mol. The zero-order chi connectivity index (χ0) is 16.6. The lowest BCUT2D eigenvalue weighted by molar-refractivity contribution is -0.125. The highest BCUT2D eigenvalue weighted by Crippen LogP contribution is 2.40. The Morgan fingerprint density at radius 1 is 1.26 bits per heavy atom. The molecule has 0 bridgehead atoms. The molecule has 2 heterocycles. The Balaban J connectivity index is 1.90. The average molecular weight is 317 g/mol. The van der Waals surface area contributed by atoms with Crippen LogP contribution in [0.15, 0.2) is 34.9 Å². The number of piperidine rings is 1. The molecule has 4 heteroatoms. The smallest absolute Gasteiger partial charge is 0.160 e. The van der Waals surface area contributed by atoms with E-state index in [-0.39, 0.29) is 5.92 Å². The quantitative estimate of drug-likeness (QED) is 0.798. The van der Waals surface area contributed by atoms with E-state index >= 15 is 0 Å². The number of ketones is 1. The van der Waals surface area contributed by atoms with Gasteiger partial charge >= 0.3 is 0 Å². The van der Waals surface area contributed by atoms with Gasteiger partial charge in [-0.1, -0.05) is 13.8 Å². The van der Waals surface area contributed by atoms with Crippen LogP contribution in [-0.2, 0) is 14.3 Å². The van der Waals surface area contributed by atoms with Crippen molar-refractivity contribution < 1.29 is 14.3 Å². The number of methoxy groups -OCH3 is 2. The topological polar surface area (TPSA) is 38.8 Å². The Bertz CT molecular complexity index is 585. The fourth-order valence-corrected chi connectivity index (χ4v) is 4.02. The summed E-state index contributed by atoms with van der Waals surface area (Å²) in [6.07, 6.45) is 6.84. The third kappa shape index (κ3) is 3.04. The first kappa shape index (κ1) is 16.2. The number of hydrogen-bond acceptors (Lipinski definition) is 4. The highest BCUT2D eigenvalue weighted by molar-refractivity contribution is 5.85. The van der Waals surface area contributed by atoms with Gasteiger partial charge < -0.3 is 14.4 Å². The van der Waals surface area contributed by atoms with Crippen molar-refractivity contribution >= 4 is 5.78 Å². The first-order valence-electron chi connectivity index (χ1n) is 8.56. The molecule has 2 unspecified atom stereocenters. The molecule has 4 nitrogen and oxygen atoms in total. The van der Waals surface area contributed by atoms with Crippen molar-refractivity contribution in [1.82, 2.24) is 4.90 Å². The molecule has 0 amide bonds. The minimum atomic E-state index is 0.190. The summed E-state index contributed by atoms with van der Waals surface area (Å²) in [7, 11) is 3.34. The molecule has 3 aliphatic rings.